The number of alkyl halides is 3. The molecule has 2 N–H and O–H groups in total. The van der Waals surface area contributed by atoms with Gasteiger partial charge in [-0.25, -0.2) is 4.39 Å². The van der Waals surface area contributed by atoms with Crippen molar-refractivity contribution in [3.63, 3.8) is 0 Å². The van der Waals surface area contributed by atoms with Gasteiger partial charge in [-0.3, -0.25) is 9.48 Å². The van der Waals surface area contributed by atoms with Gasteiger partial charge >= 0.3 is 6.18 Å². The minimum Gasteiger partial charge on any atom is -0.326 e. The quantitative estimate of drug-likeness (QED) is 0.831. The highest BCUT2D eigenvalue weighted by atomic mass is 19.4. The third kappa shape index (κ3) is 3.65. The molecule has 1 amide bonds. The van der Waals surface area contributed by atoms with Crippen LogP contribution in [-0.4, -0.2) is 28.8 Å². The van der Waals surface area contributed by atoms with Crippen LogP contribution >= 0.6 is 0 Å². The fourth-order valence-electron chi connectivity index (χ4n) is 2.99. The third-order valence-electron chi connectivity index (χ3n) is 4.24. The SMILES string of the molecule is Cn1cc([C@H]2CNC[C@@H]2C(=O)Nc2ccc(F)c(C(F)(F)F)c2)cn1. The van der Waals surface area contributed by atoms with Crippen molar-refractivity contribution in [2.24, 2.45) is 13.0 Å². The van der Waals surface area contributed by atoms with Crippen LogP contribution in [0.15, 0.2) is 30.6 Å². The Morgan fingerprint density at radius 1 is 1.36 bits per heavy atom. The van der Waals surface area contributed by atoms with E-state index in [1.807, 2.05) is 0 Å². The zero-order chi connectivity index (χ0) is 18.2. The first-order chi connectivity index (χ1) is 11.8. The van der Waals surface area contributed by atoms with Crippen LogP contribution in [0.4, 0.5) is 23.2 Å². The van der Waals surface area contributed by atoms with E-state index in [2.05, 4.69) is 15.7 Å². The lowest BCUT2D eigenvalue weighted by molar-refractivity contribution is -0.140. The van der Waals surface area contributed by atoms with Gasteiger partial charge in [-0.1, -0.05) is 0 Å². The number of rotatable bonds is 3. The van der Waals surface area contributed by atoms with Crippen molar-refractivity contribution < 1.29 is 22.4 Å². The van der Waals surface area contributed by atoms with Crippen LogP contribution in [0.1, 0.15) is 17.0 Å². The van der Waals surface area contributed by atoms with Gasteiger partial charge in [0.15, 0.2) is 0 Å². The molecule has 134 valence electrons. The number of aromatic nitrogens is 2. The van der Waals surface area contributed by atoms with E-state index >= 15 is 0 Å². The van der Waals surface area contributed by atoms with Crippen molar-refractivity contribution in [2.75, 3.05) is 18.4 Å². The second-order valence-electron chi connectivity index (χ2n) is 6.00. The Morgan fingerprint density at radius 3 is 2.76 bits per heavy atom. The summed E-state index contributed by atoms with van der Waals surface area (Å²) >= 11 is 0. The smallest absolute Gasteiger partial charge is 0.326 e. The summed E-state index contributed by atoms with van der Waals surface area (Å²) in [4.78, 5) is 12.5. The molecule has 1 aliphatic heterocycles. The van der Waals surface area contributed by atoms with Gasteiger partial charge in [0.1, 0.15) is 5.82 Å². The van der Waals surface area contributed by atoms with Crippen molar-refractivity contribution in [2.45, 2.75) is 12.1 Å². The van der Waals surface area contributed by atoms with Crippen LogP contribution < -0.4 is 10.6 Å². The summed E-state index contributed by atoms with van der Waals surface area (Å²) in [7, 11) is 1.76. The summed E-state index contributed by atoms with van der Waals surface area (Å²) in [6, 6.07) is 2.42. The Kier molecular flexibility index (Phi) is 4.51. The molecular weight excluding hydrogens is 340 g/mol. The van der Waals surface area contributed by atoms with Crippen LogP contribution in [-0.2, 0) is 18.0 Å². The van der Waals surface area contributed by atoms with E-state index in [0.29, 0.717) is 25.2 Å². The fourth-order valence-corrected chi connectivity index (χ4v) is 2.99. The molecule has 0 bridgehead atoms. The number of carbonyl (C=O) groups is 1. The summed E-state index contributed by atoms with van der Waals surface area (Å²) in [5.74, 6) is -2.38. The Morgan fingerprint density at radius 2 is 2.12 bits per heavy atom. The highest BCUT2D eigenvalue weighted by molar-refractivity contribution is 5.93. The summed E-state index contributed by atoms with van der Waals surface area (Å²) in [5, 5.41) is 9.64. The second kappa shape index (κ2) is 6.47. The molecule has 0 spiro atoms. The predicted molar refractivity (Wildman–Crippen MR) is 82.3 cm³/mol. The molecule has 1 saturated heterocycles. The Balaban J connectivity index is 1.78. The molecule has 0 unspecified atom stereocenters. The molecule has 1 aromatic heterocycles. The van der Waals surface area contributed by atoms with Crippen molar-refractivity contribution in [1.82, 2.24) is 15.1 Å². The summed E-state index contributed by atoms with van der Waals surface area (Å²) in [5.41, 5.74) is -0.614. The van der Waals surface area contributed by atoms with E-state index in [9.17, 15) is 22.4 Å². The van der Waals surface area contributed by atoms with Crippen molar-refractivity contribution in [1.29, 1.82) is 0 Å². The Bertz CT molecular complexity index is 787. The van der Waals surface area contributed by atoms with Gasteiger partial charge in [0.05, 0.1) is 17.7 Å². The molecule has 0 saturated carbocycles. The number of anilines is 1. The maximum atomic E-state index is 13.3. The average Bonchev–Trinajstić information content (AvgIpc) is 3.16. The average molecular weight is 356 g/mol. The minimum atomic E-state index is -4.82. The van der Waals surface area contributed by atoms with Gasteiger partial charge in [-0.15, -0.1) is 0 Å². The zero-order valence-electron chi connectivity index (χ0n) is 13.3. The molecule has 2 aromatic rings. The molecule has 2 heterocycles. The molecule has 1 aliphatic rings. The van der Waals surface area contributed by atoms with E-state index in [4.69, 9.17) is 0 Å². The third-order valence-corrected chi connectivity index (χ3v) is 4.24. The van der Waals surface area contributed by atoms with Crippen molar-refractivity contribution >= 4 is 11.6 Å². The number of hydrogen-bond acceptors (Lipinski definition) is 3. The molecule has 25 heavy (non-hydrogen) atoms. The van der Waals surface area contributed by atoms with E-state index < -0.39 is 29.4 Å². The van der Waals surface area contributed by atoms with E-state index in [1.54, 1.807) is 24.1 Å². The van der Waals surface area contributed by atoms with E-state index in [1.165, 1.54) is 0 Å². The Hall–Kier alpha value is -2.42. The molecular formula is C16H16F4N4O. The first-order valence-electron chi connectivity index (χ1n) is 7.62. The highest BCUT2D eigenvalue weighted by Crippen LogP contribution is 2.34. The number of benzene rings is 1. The number of aryl methyl sites for hydroxylation is 1. The monoisotopic (exact) mass is 356 g/mol. The lowest BCUT2D eigenvalue weighted by atomic mass is 9.90. The van der Waals surface area contributed by atoms with Gasteiger partial charge in [0.2, 0.25) is 5.91 Å². The summed E-state index contributed by atoms with van der Waals surface area (Å²) < 4.78 is 53.3. The molecule has 1 fully saturated rings. The fraction of sp³-hybridized carbons (Fsp3) is 0.375. The minimum absolute atomic E-state index is 0.0874. The van der Waals surface area contributed by atoms with Gasteiger partial charge in [-0.05, 0) is 23.8 Å². The normalized spacial score (nSPS) is 20.7. The summed E-state index contributed by atoms with van der Waals surface area (Å²) in [6.07, 6.45) is -1.35. The molecule has 2 atom stereocenters. The lowest BCUT2D eigenvalue weighted by Crippen LogP contribution is -2.28. The molecule has 5 nitrogen and oxygen atoms in total. The second-order valence-corrected chi connectivity index (χ2v) is 6.00. The Labute approximate surface area is 141 Å². The van der Waals surface area contributed by atoms with Crippen LogP contribution in [0.25, 0.3) is 0 Å². The number of nitrogens with one attached hydrogen (secondary N) is 2. The maximum absolute atomic E-state index is 13.3. The molecule has 0 aliphatic carbocycles. The lowest BCUT2D eigenvalue weighted by Gasteiger charge is -2.18. The molecule has 0 radical (unpaired) electrons. The number of carbonyl (C=O) groups excluding carboxylic acids is 1. The number of amides is 1. The van der Waals surface area contributed by atoms with Crippen molar-refractivity contribution in [3.8, 4) is 0 Å². The van der Waals surface area contributed by atoms with Crippen LogP contribution in [0.2, 0.25) is 0 Å². The van der Waals surface area contributed by atoms with E-state index in [-0.39, 0.29) is 11.6 Å². The van der Waals surface area contributed by atoms with Gasteiger partial charge in [-0.2, -0.15) is 18.3 Å². The highest BCUT2D eigenvalue weighted by Gasteiger charge is 2.36. The van der Waals surface area contributed by atoms with Crippen molar-refractivity contribution in [3.05, 3.63) is 47.5 Å². The van der Waals surface area contributed by atoms with E-state index in [0.717, 1.165) is 11.6 Å². The standard InChI is InChI=1S/C16H16F4N4O/c1-24-8-9(5-22-24)11-6-21-7-12(11)15(25)23-10-2-3-14(17)13(4-10)16(18,19)20/h2-5,8,11-12,21H,6-7H2,1H3,(H,23,25)/t11-,12+/m1/s1. The molecule has 3 rings (SSSR count). The first kappa shape index (κ1) is 17.4. The number of nitrogens with zero attached hydrogens (tertiary/aromatic N) is 2. The van der Waals surface area contributed by atoms with Gasteiger partial charge in [0, 0.05) is 37.9 Å². The number of hydrogen-bond donors (Lipinski definition) is 2. The number of halogens is 4. The first-order valence-corrected chi connectivity index (χ1v) is 7.62. The van der Waals surface area contributed by atoms with Gasteiger partial charge in [0.25, 0.3) is 0 Å². The molecule has 1 aromatic carbocycles. The van der Waals surface area contributed by atoms with Gasteiger partial charge < -0.3 is 10.6 Å². The largest absolute Gasteiger partial charge is 0.419 e. The maximum Gasteiger partial charge on any atom is 0.419 e. The summed E-state index contributed by atoms with van der Waals surface area (Å²) in [6.45, 7) is 0.972. The topological polar surface area (TPSA) is 59.0 Å². The predicted octanol–water partition coefficient (Wildman–Crippen LogP) is 2.52. The molecule has 9 heteroatoms. The van der Waals surface area contributed by atoms with Crippen LogP contribution in [0.3, 0.4) is 0 Å². The van der Waals surface area contributed by atoms with Crippen LogP contribution in [0.5, 0.6) is 0 Å². The zero-order valence-corrected chi connectivity index (χ0v) is 13.3. The van der Waals surface area contributed by atoms with Crippen LogP contribution in [0, 0.1) is 11.7 Å².